The van der Waals surface area contributed by atoms with Crippen LogP contribution >= 0.6 is 23.2 Å². The van der Waals surface area contributed by atoms with Crippen LogP contribution in [-0.4, -0.2) is 35.3 Å². The number of hydrogen-bond acceptors (Lipinski definition) is 2. The molecular weight excluding hydrogens is 311 g/mol. The molecule has 0 spiro atoms. The molecule has 6 heteroatoms. The van der Waals surface area contributed by atoms with E-state index in [2.05, 4.69) is 5.32 Å². The van der Waals surface area contributed by atoms with Gasteiger partial charge in [0, 0.05) is 29.6 Å². The molecule has 0 atom stereocenters. The van der Waals surface area contributed by atoms with Crippen LogP contribution in [0.4, 0.5) is 0 Å². The van der Waals surface area contributed by atoms with Gasteiger partial charge >= 0.3 is 0 Å². The summed E-state index contributed by atoms with van der Waals surface area (Å²) in [5.41, 5.74) is 0.0766. The van der Waals surface area contributed by atoms with Crippen LogP contribution in [0.25, 0.3) is 0 Å². The zero-order chi connectivity index (χ0) is 15.6. The quantitative estimate of drug-likeness (QED) is 0.927. The maximum Gasteiger partial charge on any atom is 0.245 e. The highest BCUT2D eigenvalue weighted by molar-refractivity contribution is 6.35. The van der Waals surface area contributed by atoms with Crippen molar-refractivity contribution < 1.29 is 9.59 Å². The van der Waals surface area contributed by atoms with Gasteiger partial charge < -0.3 is 10.2 Å². The predicted octanol–water partition coefficient (Wildman–Crippen LogP) is 2.66. The Balaban J connectivity index is 2.03. The van der Waals surface area contributed by atoms with Gasteiger partial charge in [0.1, 0.15) is 5.54 Å². The van der Waals surface area contributed by atoms with Crippen molar-refractivity contribution in [2.45, 2.75) is 32.2 Å². The molecule has 1 N–H and O–H groups in total. The van der Waals surface area contributed by atoms with Gasteiger partial charge in [-0.2, -0.15) is 0 Å². The minimum absolute atomic E-state index is 0.0409. The fraction of sp³-hybridized carbons (Fsp3) is 0.467. The summed E-state index contributed by atoms with van der Waals surface area (Å²) in [5, 5.41) is 3.91. The first-order valence-electron chi connectivity index (χ1n) is 6.85. The summed E-state index contributed by atoms with van der Waals surface area (Å²) in [6.45, 7) is 4.55. The molecule has 1 aliphatic heterocycles. The van der Waals surface area contributed by atoms with Crippen LogP contribution in [0.15, 0.2) is 18.2 Å². The number of benzene rings is 1. The number of hydrogen-bond donors (Lipinski definition) is 1. The van der Waals surface area contributed by atoms with E-state index in [9.17, 15) is 9.59 Å². The lowest BCUT2D eigenvalue weighted by molar-refractivity contribution is -0.149. The zero-order valence-electron chi connectivity index (χ0n) is 12.1. The first-order chi connectivity index (χ1) is 9.82. The van der Waals surface area contributed by atoms with Gasteiger partial charge in [-0.3, -0.25) is 9.59 Å². The summed E-state index contributed by atoms with van der Waals surface area (Å²) in [6, 6.07) is 5.25. The molecule has 1 aliphatic rings. The van der Waals surface area contributed by atoms with E-state index in [1.807, 2.05) is 6.07 Å². The number of carbonyl (C=O) groups excluding carboxylic acids is 2. The van der Waals surface area contributed by atoms with Crippen LogP contribution in [-0.2, 0) is 16.0 Å². The maximum atomic E-state index is 12.4. The van der Waals surface area contributed by atoms with Crippen LogP contribution in [0, 0.1) is 0 Å². The standard InChI is InChI=1S/C15H18Cl2N2O2/c1-15(2)14(21)18-7-8-19(15)13(20)6-4-10-3-5-11(16)9-12(10)17/h3,5,9H,4,6-8H2,1-2H3,(H,18,21). The lowest BCUT2D eigenvalue weighted by Gasteiger charge is -2.41. The Hall–Kier alpha value is -1.26. The van der Waals surface area contributed by atoms with Crippen molar-refractivity contribution >= 4 is 35.0 Å². The van der Waals surface area contributed by atoms with Crippen molar-refractivity contribution in [3.05, 3.63) is 33.8 Å². The summed E-state index contributed by atoms with van der Waals surface area (Å²) < 4.78 is 0. The second-order valence-corrected chi connectivity index (χ2v) is 6.44. The number of aryl methyl sites for hydroxylation is 1. The van der Waals surface area contributed by atoms with E-state index < -0.39 is 5.54 Å². The molecule has 0 saturated carbocycles. The molecular formula is C15H18Cl2N2O2. The zero-order valence-corrected chi connectivity index (χ0v) is 13.6. The van der Waals surface area contributed by atoms with Gasteiger partial charge in [0.25, 0.3) is 0 Å². The SMILES string of the molecule is CC1(C)C(=O)NCCN1C(=O)CCc1ccc(Cl)cc1Cl. The average molecular weight is 329 g/mol. The molecule has 1 aromatic carbocycles. The van der Waals surface area contributed by atoms with E-state index in [0.717, 1.165) is 5.56 Å². The van der Waals surface area contributed by atoms with Crippen LogP contribution in [0.2, 0.25) is 10.0 Å². The maximum absolute atomic E-state index is 12.4. The van der Waals surface area contributed by atoms with Gasteiger partial charge in [0.2, 0.25) is 11.8 Å². The lowest BCUT2D eigenvalue weighted by atomic mass is 9.97. The van der Waals surface area contributed by atoms with Crippen LogP contribution in [0.5, 0.6) is 0 Å². The molecule has 21 heavy (non-hydrogen) atoms. The molecule has 0 bridgehead atoms. The number of halogens is 2. The van der Waals surface area contributed by atoms with Crippen molar-refractivity contribution in [2.24, 2.45) is 0 Å². The highest BCUT2D eigenvalue weighted by atomic mass is 35.5. The number of carbonyl (C=O) groups is 2. The molecule has 1 fully saturated rings. The molecule has 2 rings (SSSR count). The summed E-state index contributed by atoms with van der Waals surface area (Å²) >= 11 is 12.0. The fourth-order valence-corrected chi connectivity index (χ4v) is 2.94. The van der Waals surface area contributed by atoms with E-state index in [1.165, 1.54) is 0 Å². The van der Waals surface area contributed by atoms with Crippen molar-refractivity contribution in [2.75, 3.05) is 13.1 Å². The number of amides is 2. The number of nitrogens with zero attached hydrogens (tertiary/aromatic N) is 1. The van der Waals surface area contributed by atoms with Gasteiger partial charge in [0.15, 0.2) is 0 Å². The smallest absolute Gasteiger partial charge is 0.245 e. The Morgan fingerprint density at radius 3 is 2.76 bits per heavy atom. The third kappa shape index (κ3) is 3.50. The fourth-order valence-electron chi connectivity index (χ4n) is 2.44. The minimum Gasteiger partial charge on any atom is -0.352 e. The molecule has 0 aliphatic carbocycles. The molecule has 0 aromatic heterocycles. The van der Waals surface area contributed by atoms with Crippen molar-refractivity contribution in [3.8, 4) is 0 Å². The molecule has 4 nitrogen and oxygen atoms in total. The number of nitrogens with one attached hydrogen (secondary N) is 1. The van der Waals surface area contributed by atoms with E-state index in [-0.39, 0.29) is 11.8 Å². The molecule has 0 unspecified atom stereocenters. The Bertz CT molecular complexity index is 573. The minimum atomic E-state index is -0.806. The first-order valence-corrected chi connectivity index (χ1v) is 7.60. The van der Waals surface area contributed by atoms with Gasteiger partial charge in [-0.15, -0.1) is 0 Å². The van der Waals surface area contributed by atoms with Crippen LogP contribution in [0.3, 0.4) is 0 Å². The van der Waals surface area contributed by atoms with Gasteiger partial charge in [0.05, 0.1) is 0 Å². The monoisotopic (exact) mass is 328 g/mol. The number of rotatable bonds is 3. The topological polar surface area (TPSA) is 49.4 Å². The van der Waals surface area contributed by atoms with E-state index in [0.29, 0.717) is 36.0 Å². The molecule has 1 aromatic rings. The highest BCUT2D eigenvalue weighted by Crippen LogP contribution is 2.24. The molecule has 1 saturated heterocycles. The largest absolute Gasteiger partial charge is 0.352 e. The van der Waals surface area contributed by atoms with Crippen molar-refractivity contribution in [1.82, 2.24) is 10.2 Å². The second kappa shape index (κ2) is 6.24. The summed E-state index contributed by atoms with van der Waals surface area (Å²) in [7, 11) is 0. The normalized spacial score (nSPS) is 17.5. The van der Waals surface area contributed by atoms with E-state index >= 15 is 0 Å². The average Bonchev–Trinajstić information content (AvgIpc) is 2.40. The van der Waals surface area contributed by atoms with Gasteiger partial charge in [-0.1, -0.05) is 29.3 Å². The summed E-state index contributed by atoms with van der Waals surface area (Å²) in [4.78, 5) is 25.9. The van der Waals surface area contributed by atoms with Gasteiger partial charge in [-0.25, -0.2) is 0 Å². The van der Waals surface area contributed by atoms with Crippen molar-refractivity contribution in [3.63, 3.8) is 0 Å². The van der Waals surface area contributed by atoms with Gasteiger partial charge in [-0.05, 0) is 38.0 Å². The Kier molecular flexibility index (Phi) is 4.79. The molecule has 114 valence electrons. The van der Waals surface area contributed by atoms with E-state index in [1.54, 1.807) is 30.9 Å². The number of piperazine rings is 1. The van der Waals surface area contributed by atoms with E-state index in [4.69, 9.17) is 23.2 Å². The van der Waals surface area contributed by atoms with Crippen molar-refractivity contribution in [1.29, 1.82) is 0 Å². The molecule has 1 heterocycles. The first kappa shape index (κ1) is 16.1. The molecule has 2 amide bonds. The third-order valence-electron chi connectivity index (χ3n) is 3.78. The van der Waals surface area contributed by atoms with Crippen LogP contribution in [0.1, 0.15) is 25.8 Å². The molecule has 0 radical (unpaired) electrons. The third-order valence-corrected chi connectivity index (χ3v) is 4.36. The highest BCUT2D eigenvalue weighted by Gasteiger charge is 2.39. The summed E-state index contributed by atoms with van der Waals surface area (Å²) in [6.07, 6.45) is 0.848. The Labute approximate surface area is 134 Å². The second-order valence-electron chi connectivity index (χ2n) is 5.60. The Morgan fingerprint density at radius 2 is 2.10 bits per heavy atom. The predicted molar refractivity (Wildman–Crippen MR) is 83.6 cm³/mol. The van der Waals surface area contributed by atoms with Crippen LogP contribution < -0.4 is 5.32 Å². The Morgan fingerprint density at radius 1 is 1.38 bits per heavy atom. The lowest BCUT2D eigenvalue weighted by Crippen LogP contribution is -2.63. The summed E-state index contributed by atoms with van der Waals surface area (Å²) in [5.74, 6) is -0.160.